The summed E-state index contributed by atoms with van der Waals surface area (Å²) in [7, 11) is 0. The topological polar surface area (TPSA) is 87.3 Å². The van der Waals surface area contributed by atoms with E-state index in [9.17, 15) is 4.79 Å². The second-order valence-electron chi connectivity index (χ2n) is 8.46. The molecular formula is C27H30N4O3S. The maximum absolute atomic E-state index is 12.6. The highest BCUT2D eigenvalue weighted by Gasteiger charge is 2.37. The zero-order valence-corrected chi connectivity index (χ0v) is 21.3. The number of fused-ring (bicyclic) bond motifs is 1. The molecule has 0 saturated carbocycles. The molecule has 2 aromatic carbocycles. The lowest BCUT2D eigenvalue weighted by Gasteiger charge is -2.20. The summed E-state index contributed by atoms with van der Waals surface area (Å²) in [6.45, 7) is 9.14. The molecule has 0 fully saturated rings. The molecule has 4 rings (SSSR count). The van der Waals surface area contributed by atoms with Gasteiger partial charge < -0.3 is 9.47 Å². The van der Waals surface area contributed by atoms with Crippen LogP contribution < -0.4 is 9.47 Å². The normalized spacial score (nSPS) is 16.5. The van der Waals surface area contributed by atoms with E-state index < -0.39 is 5.91 Å². The van der Waals surface area contributed by atoms with Crippen molar-refractivity contribution in [1.82, 2.24) is 5.01 Å². The number of carbonyl (C=O) groups excluding carboxylic acids is 1. The summed E-state index contributed by atoms with van der Waals surface area (Å²) in [5, 5.41) is 16.0. The van der Waals surface area contributed by atoms with Crippen LogP contribution in [0.25, 0.3) is 6.08 Å². The van der Waals surface area contributed by atoms with E-state index in [0.717, 1.165) is 40.3 Å². The SMILES string of the molecule is CCC(CC)C1=NN2C(=N)C(=Cc3ccc(OCCOc4c(C)cccc4C)cc3)C(=O)N=C2S1. The van der Waals surface area contributed by atoms with Crippen molar-refractivity contribution in [3.63, 3.8) is 0 Å². The van der Waals surface area contributed by atoms with Gasteiger partial charge in [0.25, 0.3) is 5.91 Å². The summed E-state index contributed by atoms with van der Waals surface area (Å²) in [5.41, 5.74) is 3.21. The van der Waals surface area contributed by atoms with Crippen LogP contribution in [0.15, 0.2) is 58.1 Å². The first-order valence-electron chi connectivity index (χ1n) is 11.8. The van der Waals surface area contributed by atoms with Gasteiger partial charge in [-0.05, 0) is 73.4 Å². The summed E-state index contributed by atoms with van der Waals surface area (Å²) in [5.74, 6) is 1.55. The van der Waals surface area contributed by atoms with Crippen molar-refractivity contribution in [3.05, 3.63) is 64.7 Å². The number of rotatable bonds is 9. The van der Waals surface area contributed by atoms with Gasteiger partial charge in [-0.3, -0.25) is 10.2 Å². The van der Waals surface area contributed by atoms with Crippen LogP contribution in [-0.2, 0) is 4.79 Å². The van der Waals surface area contributed by atoms with Crippen LogP contribution in [0.4, 0.5) is 0 Å². The number of hydrogen-bond donors (Lipinski definition) is 1. The highest BCUT2D eigenvalue weighted by atomic mass is 32.2. The van der Waals surface area contributed by atoms with E-state index in [1.54, 1.807) is 6.08 Å². The monoisotopic (exact) mass is 490 g/mol. The summed E-state index contributed by atoms with van der Waals surface area (Å²) in [6.07, 6.45) is 3.59. The van der Waals surface area contributed by atoms with Gasteiger partial charge in [0.15, 0.2) is 5.84 Å². The van der Waals surface area contributed by atoms with E-state index in [0.29, 0.717) is 30.0 Å². The molecule has 2 aliphatic heterocycles. The molecule has 0 spiro atoms. The number of nitrogens with zero attached hydrogens (tertiary/aromatic N) is 3. The molecule has 0 bridgehead atoms. The van der Waals surface area contributed by atoms with Crippen molar-refractivity contribution in [2.75, 3.05) is 13.2 Å². The minimum absolute atomic E-state index is 0.0532. The van der Waals surface area contributed by atoms with E-state index in [1.165, 1.54) is 16.8 Å². The Morgan fingerprint density at radius 3 is 2.34 bits per heavy atom. The van der Waals surface area contributed by atoms with Gasteiger partial charge in [-0.1, -0.05) is 44.2 Å². The number of aryl methyl sites for hydroxylation is 2. The van der Waals surface area contributed by atoms with Crippen LogP contribution in [-0.4, -0.2) is 40.2 Å². The van der Waals surface area contributed by atoms with E-state index in [4.69, 9.17) is 14.9 Å². The Hall–Kier alpha value is -3.39. The summed E-state index contributed by atoms with van der Waals surface area (Å²) in [6, 6.07) is 13.5. The second-order valence-corrected chi connectivity index (χ2v) is 9.45. The number of benzene rings is 2. The number of ether oxygens (including phenoxy) is 2. The Bertz CT molecular complexity index is 1190. The van der Waals surface area contributed by atoms with Crippen LogP contribution in [0.1, 0.15) is 43.4 Å². The molecule has 1 N–H and O–H groups in total. The molecular weight excluding hydrogens is 460 g/mol. The molecule has 2 heterocycles. The van der Waals surface area contributed by atoms with Crippen LogP contribution in [0.5, 0.6) is 11.5 Å². The van der Waals surface area contributed by atoms with Crippen LogP contribution >= 0.6 is 11.8 Å². The molecule has 1 amide bonds. The van der Waals surface area contributed by atoms with Gasteiger partial charge in [0.2, 0.25) is 5.17 Å². The van der Waals surface area contributed by atoms with Crippen molar-refractivity contribution in [3.8, 4) is 11.5 Å². The first-order chi connectivity index (χ1) is 16.9. The molecule has 0 aromatic heterocycles. The van der Waals surface area contributed by atoms with Gasteiger partial charge >= 0.3 is 0 Å². The van der Waals surface area contributed by atoms with E-state index in [1.807, 2.05) is 56.3 Å². The number of carbonyl (C=O) groups is 1. The number of hydrazone groups is 1. The average molecular weight is 491 g/mol. The Morgan fingerprint density at radius 1 is 1.03 bits per heavy atom. The number of amides is 1. The Morgan fingerprint density at radius 2 is 1.69 bits per heavy atom. The fourth-order valence-electron chi connectivity index (χ4n) is 3.97. The third-order valence-corrected chi connectivity index (χ3v) is 7.07. The molecule has 0 unspecified atom stereocenters. The first kappa shape index (κ1) is 24.7. The Kier molecular flexibility index (Phi) is 7.70. The molecule has 35 heavy (non-hydrogen) atoms. The van der Waals surface area contributed by atoms with Gasteiger partial charge in [0.05, 0.1) is 5.57 Å². The summed E-state index contributed by atoms with van der Waals surface area (Å²) < 4.78 is 11.7. The van der Waals surface area contributed by atoms with Crippen LogP contribution in [0.3, 0.4) is 0 Å². The fraction of sp³-hybridized carbons (Fsp3) is 0.333. The maximum Gasteiger partial charge on any atom is 0.283 e. The summed E-state index contributed by atoms with van der Waals surface area (Å²) >= 11 is 1.39. The molecule has 7 nitrogen and oxygen atoms in total. The number of hydrogen-bond acceptors (Lipinski definition) is 6. The van der Waals surface area contributed by atoms with Gasteiger partial charge in [-0.2, -0.15) is 15.1 Å². The Labute approximate surface area is 210 Å². The molecule has 182 valence electrons. The number of thioether (sulfide) groups is 1. The van der Waals surface area contributed by atoms with Crippen molar-refractivity contribution in [2.45, 2.75) is 40.5 Å². The van der Waals surface area contributed by atoms with Crippen LogP contribution in [0, 0.1) is 25.2 Å². The Balaban J connectivity index is 1.38. The van der Waals surface area contributed by atoms with Crippen molar-refractivity contribution in [1.29, 1.82) is 5.41 Å². The van der Waals surface area contributed by atoms with E-state index >= 15 is 0 Å². The second kappa shape index (κ2) is 10.9. The molecule has 0 saturated heterocycles. The molecule has 0 aliphatic carbocycles. The molecule has 0 radical (unpaired) electrons. The highest BCUT2D eigenvalue weighted by Crippen LogP contribution is 2.33. The maximum atomic E-state index is 12.6. The molecule has 2 aromatic rings. The molecule has 0 atom stereocenters. The third kappa shape index (κ3) is 5.48. The highest BCUT2D eigenvalue weighted by molar-refractivity contribution is 8.27. The van der Waals surface area contributed by atoms with Crippen molar-refractivity contribution < 1.29 is 14.3 Å². The zero-order valence-electron chi connectivity index (χ0n) is 20.5. The number of para-hydroxylation sites is 1. The lowest BCUT2D eigenvalue weighted by molar-refractivity contribution is -0.114. The van der Waals surface area contributed by atoms with E-state index in [2.05, 4.69) is 23.9 Å². The lowest BCUT2D eigenvalue weighted by atomic mass is 10.1. The van der Waals surface area contributed by atoms with Gasteiger partial charge in [-0.25, -0.2) is 0 Å². The summed E-state index contributed by atoms with van der Waals surface area (Å²) in [4.78, 5) is 16.8. The quantitative estimate of drug-likeness (QED) is 0.354. The van der Waals surface area contributed by atoms with E-state index in [-0.39, 0.29) is 11.4 Å². The minimum Gasteiger partial charge on any atom is -0.490 e. The third-order valence-electron chi connectivity index (χ3n) is 6.00. The largest absolute Gasteiger partial charge is 0.490 e. The zero-order chi connectivity index (χ0) is 24.9. The van der Waals surface area contributed by atoms with Crippen LogP contribution in [0.2, 0.25) is 0 Å². The number of aliphatic imine (C=N–C) groups is 1. The van der Waals surface area contributed by atoms with Gasteiger partial charge in [0.1, 0.15) is 29.8 Å². The van der Waals surface area contributed by atoms with Crippen molar-refractivity contribution in [2.24, 2.45) is 16.0 Å². The average Bonchev–Trinajstić information content (AvgIpc) is 3.26. The standard InChI is InChI=1S/C27H30N4O3S/c1-5-20(6-2)26-30-31-24(28)22(25(32)29-27(31)35-26)16-19-10-12-21(13-11-19)33-14-15-34-23-17(3)8-7-9-18(23)4/h7-13,16,20,28H,5-6,14-15H2,1-4H3. The molecule has 2 aliphatic rings. The lowest BCUT2D eigenvalue weighted by Crippen LogP contribution is -2.35. The van der Waals surface area contributed by atoms with Gasteiger partial charge in [0, 0.05) is 5.92 Å². The van der Waals surface area contributed by atoms with Crippen molar-refractivity contribution >= 4 is 39.8 Å². The predicted octanol–water partition coefficient (Wildman–Crippen LogP) is 5.82. The smallest absolute Gasteiger partial charge is 0.283 e. The first-order valence-corrected chi connectivity index (χ1v) is 12.6. The van der Waals surface area contributed by atoms with Gasteiger partial charge in [-0.15, -0.1) is 0 Å². The number of nitrogens with one attached hydrogen (secondary N) is 1. The molecule has 8 heteroatoms. The fourth-order valence-corrected chi connectivity index (χ4v) is 5.12. The predicted molar refractivity (Wildman–Crippen MR) is 142 cm³/mol. The minimum atomic E-state index is -0.418. The number of amidine groups is 2.